The maximum Gasteiger partial charge on any atom is 0.263 e. The number of carbonyl (C=O) groups excluding carboxylic acids is 2. The normalized spacial score (nSPS) is 21.5. The van der Waals surface area contributed by atoms with Crippen molar-refractivity contribution in [1.82, 2.24) is 5.01 Å². The maximum absolute atomic E-state index is 13.2. The summed E-state index contributed by atoms with van der Waals surface area (Å²) in [4.78, 5) is 26.6. The van der Waals surface area contributed by atoms with Crippen molar-refractivity contribution in [3.63, 3.8) is 0 Å². The Hall–Kier alpha value is -3.09. The summed E-state index contributed by atoms with van der Waals surface area (Å²) in [7, 11) is 0. The number of rotatable bonds is 4. The van der Waals surface area contributed by atoms with Gasteiger partial charge >= 0.3 is 0 Å². The molecular formula is C20H19FN4O2. The molecule has 27 heavy (non-hydrogen) atoms. The number of hydrogen-bond donors (Lipinski definition) is 0. The van der Waals surface area contributed by atoms with Crippen molar-refractivity contribution < 1.29 is 14.0 Å². The second kappa shape index (κ2) is 6.57. The highest BCUT2D eigenvalue weighted by Crippen LogP contribution is 2.32. The van der Waals surface area contributed by atoms with Crippen molar-refractivity contribution in [2.45, 2.75) is 38.4 Å². The molecule has 6 nitrogen and oxygen atoms in total. The molecule has 0 aromatic heterocycles. The van der Waals surface area contributed by atoms with Crippen molar-refractivity contribution >= 4 is 17.5 Å². The van der Waals surface area contributed by atoms with Crippen LogP contribution in [0.4, 0.5) is 10.1 Å². The molecule has 138 valence electrons. The van der Waals surface area contributed by atoms with E-state index in [1.165, 1.54) is 29.8 Å². The van der Waals surface area contributed by atoms with Gasteiger partial charge < -0.3 is 0 Å². The van der Waals surface area contributed by atoms with Crippen LogP contribution in [0.15, 0.2) is 58.9 Å². The summed E-state index contributed by atoms with van der Waals surface area (Å²) in [6.07, 6.45) is 0. The Bertz CT molecular complexity index is 909. The van der Waals surface area contributed by atoms with Gasteiger partial charge in [-0.25, -0.2) is 9.29 Å². The molecule has 0 unspecified atom stereocenters. The van der Waals surface area contributed by atoms with E-state index in [2.05, 4.69) is 36.3 Å². The fraction of sp³-hybridized carbons (Fsp3) is 0.300. The zero-order chi connectivity index (χ0) is 19.1. The van der Waals surface area contributed by atoms with Crippen LogP contribution in [0.1, 0.15) is 30.9 Å². The molecule has 7 heteroatoms. The molecule has 2 heterocycles. The predicted molar refractivity (Wildman–Crippen MR) is 97.4 cm³/mol. The first-order valence-corrected chi connectivity index (χ1v) is 8.85. The number of nitrogens with zero attached hydrogens (tertiary/aromatic N) is 4. The van der Waals surface area contributed by atoms with E-state index < -0.39 is 23.8 Å². The van der Waals surface area contributed by atoms with Crippen LogP contribution in [-0.2, 0) is 16.1 Å². The standard InChI is InChI=1S/C20H19FN4O2/c1-12(2)14-5-3-13(4-6-14)11-24-18-17(22-23-24)19(26)25(20(18)27)16-9-7-15(21)8-10-16/h3-10,12,17-18H,11H2,1-2H3/t17-,18+/m1/s1. The van der Waals surface area contributed by atoms with E-state index in [4.69, 9.17) is 0 Å². The van der Waals surface area contributed by atoms with Crippen LogP contribution in [0.25, 0.3) is 0 Å². The lowest BCUT2D eigenvalue weighted by Gasteiger charge is -2.21. The lowest BCUT2D eigenvalue weighted by Crippen LogP contribution is -2.39. The van der Waals surface area contributed by atoms with Crippen molar-refractivity contribution in [1.29, 1.82) is 0 Å². The molecule has 0 saturated carbocycles. The average molecular weight is 366 g/mol. The zero-order valence-electron chi connectivity index (χ0n) is 15.0. The number of anilines is 1. The molecule has 4 rings (SSSR count). The lowest BCUT2D eigenvalue weighted by atomic mass is 10.0. The molecule has 0 radical (unpaired) electrons. The molecule has 2 aliphatic heterocycles. The molecule has 0 spiro atoms. The molecule has 2 atom stereocenters. The van der Waals surface area contributed by atoms with Gasteiger partial charge in [-0.2, -0.15) is 5.11 Å². The fourth-order valence-corrected chi connectivity index (χ4v) is 3.39. The average Bonchev–Trinajstić information content (AvgIpc) is 3.17. The largest absolute Gasteiger partial charge is 0.271 e. The van der Waals surface area contributed by atoms with Crippen LogP contribution in [0.3, 0.4) is 0 Å². The van der Waals surface area contributed by atoms with E-state index in [1.807, 2.05) is 12.1 Å². The topological polar surface area (TPSA) is 65.3 Å². The van der Waals surface area contributed by atoms with Crippen LogP contribution < -0.4 is 4.90 Å². The van der Waals surface area contributed by atoms with Crippen molar-refractivity contribution in [3.8, 4) is 0 Å². The number of hydrogen-bond acceptors (Lipinski definition) is 5. The Kier molecular flexibility index (Phi) is 4.22. The quantitative estimate of drug-likeness (QED) is 0.779. The SMILES string of the molecule is CC(C)c1ccc(CN2N=N[C@H]3C(=O)N(c4ccc(F)cc4)C(=O)[C@H]32)cc1. The van der Waals surface area contributed by atoms with Crippen LogP contribution in [0.5, 0.6) is 0 Å². The Morgan fingerprint density at radius 1 is 1.00 bits per heavy atom. The van der Waals surface area contributed by atoms with Gasteiger partial charge in [0.15, 0.2) is 12.1 Å². The molecule has 1 saturated heterocycles. The molecule has 0 aliphatic carbocycles. The van der Waals surface area contributed by atoms with Crippen LogP contribution in [-0.4, -0.2) is 28.9 Å². The monoisotopic (exact) mass is 366 g/mol. The number of benzene rings is 2. The summed E-state index contributed by atoms with van der Waals surface area (Å²) in [5.74, 6) is -0.809. The highest BCUT2D eigenvalue weighted by atomic mass is 19.1. The van der Waals surface area contributed by atoms with Gasteiger partial charge in [0.25, 0.3) is 11.8 Å². The van der Waals surface area contributed by atoms with Gasteiger partial charge in [-0.05, 0) is 41.3 Å². The Morgan fingerprint density at radius 2 is 1.67 bits per heavy atom. The van der Waals surface area contributed by atoms with Crippen molar-refractivity contribution in [2.24, 2.45) is 10.3 Å². The van der Waals surface area contributed by atoms with Gasteiger partial charge in [0.05, 0.1) is 12.2 Å². The molecule has 2 aromatic carbocycles. The highest BCUT2D eigenvalue weighted by molar-refractivity contribution is 6.25. The van der Waals surface area contributed by atoms with Gasteiger partial charge in [0.2, 0.25) is 0 Å². The number of halogens is 1. The summed E-state index contributed by atoms with van der Waals surface area (Å²) in [5.41, 5.74) is 2.56. The first-order chi connectivity index (χ1) is 13.0. The third-order valence-electron chi connectivity index (χ3n) is 4.93. The molecule has 2 amide bonds. The van der Waals surface area contributed by atoms with E-state index in [0.29, 0.717) is 18.2 Å². The van der Waals surface area contributed by atoms with E-state index >= 15 is 0 Å². The first kappa shape index (κ1) is 17.3. The lowest BCUT2D eigenvalue weighted by molar-refractivity contribution is -0.123. The third-order valence-corrected chi connectivity index (χ3v) is 4.93. The number of amides is 2. The number of fused-ring (bicyclic) bond motifs is 1. The maximum atomic E-state index is 13.2. The van der Waals surface area contributed by atoms with Gasteiger partial charge in [-0.3, -0.25) is 14.6 Å². The van der Waals surface area contributed by atoms with Gasteiger partial charge in [0, 0.05) is 0 Å². The minimum absolute atomic E-state index is 0.345. The van der Waals surface area contributed by atoms with E-state index in [0.717, 1.165) is 10.5 Å². The fourth-order valence-electron chi connectivity index (χ4n) is 3.39. The van der Waals surface area contributed by atoms with E-state index in [1.54, 1.807) is 5.01 Å². The Labute approximate surface area is 156 Å². The Balaban J connectivity index is 1.55. The molecule has 1 fully saturated rings. The molecule has 2 aliphatic rings. The van der Waals surface area contributed by atoms with Gasteiger partial charge in [-0.1, -0.05) is 43.3 Å². The minimum atomic E-state index is -0.850. The van der Waals surface area contributed by atoms with Crippen molar-refractivity contribution in [3.05, 3.63) is 65.5 Å². The zero-order valence-corrected chi connectivity index (χ0v) is 15.0. The summed E-state index contributed by atoms with van der Waals surface area (Å²) in [6, 6.07) is 11.8. The summed E-state index contributed by atoms with van der Waals surface area (Å²) >= 11 is 0. The Morgan fingerprint density at radius 3 is 2.30 bits per heavy atom. The van der Waals surface area contributed by atoms with E-state index in [-0.39, 0.29) is 5.91 Å². The first-order valence-electron chi connectivity index (χ1n) is 8.85. The van der Waals surface area contributed by atoms with Crippen LogP contribution in [0, 0.1) is 5.82 Å². The second-order valence-electron chi connectivity index (χ2n) is 7.08. The van der Waals surface area contributed by atoms with E-state index in [9.17, 15) is 14.0 Å². The summed E-state index contributed by atoms with van der Waals surface area (Å²) in [5, 5.41) is 9.61. The van der Waals surface area contributed by atoms with Gasteiger partial charge in [0.1, 0.15) is 5.82 Å². The summed E-state index contributed by atoms with van der Waals surface area (Å²) < 4.78 is 13.2. The highest BCUT2D eigenvalue weighted by Gasteiger charge is 2.54. The molecule has 2 aromatic rings. The predicted octanol–water partition coefficient (Wildman–Crippen LogP) is 3.44. The summed E-state index contributed by atoms with van der Waals surface area (Å²) in [6.45, 7) is 4.64. The molecule has 0 bridgehead atoms. The van der Waals surface area contributed by atoms with Crippen LogP contribution in [0.2, 0.25) is 0 Å². The number of imide groups is 1. The van der Waals surface area contributed by atoms with Gasteiger partial charge in [-0.15, -0.1) is 0 Å². The minimum Gasteiger partial charge on any atom is -0.271 e. The van der Waals surface area contributed by atoms with Crippen molar-refractivity contribution in [2.75, 3.05) is 4.90 Å². The second-order valence-corrected chi connectivity index (χ2v) is 7.08. The number of carbonyl (C=O) groups is 2. The smallest absolute Gasteiger partial charge is 0.263 e. The third kappa shape index (κ3) is 2.99. The molecule has 0 N–H and O–H groups in total. The van der Waals surface area contributed by atoms with Crippen LogP contribution >= 0.6 is 0 Å². The molecular weight excluding hydrogens is 347 g/mol.